The lowest BCUT2D eigenvalue weighted by atomic mass is 10.1. The van der Waals surface area contributed by atoms with Gasteiger partial charge in [0.05, 0.1) is 0 Å². The summed E-state index contributed by atoms with van der Waals surface area (Å²) < 4.78 is 0. The molecule has 0 fully saturated rings. The van der Waals surface area contributed by atoms with E-state index >= 15 is 0 Å². The summed E-state index contributed by atoms with van der Waals surface area (Å²) in [4.78, 5) is 2.15. The molecule has 1 atom stereocenters. The van der Waals surface area contributed by atoms with Crippen LogP contribution in [-0.2, 0) is 6.42 Å². The Labute approximate surface area is 93.5 Å². The summed E-state index contributed by atoms with van der Waals surface area (Å²) in [6.07, 6.45) is 3.79. The van der Waals surface area contributed by atoms with E-state index in [0.29, 0.717) is 4.83 Å². The Kier molecular flexibility index (Phi) is 5.04. The predicted molar refractivity (Wildman–Crippen MR) is 64.8 cm³/mol. The first-order valence-corrected chi connectivity index (χ1v) is 6.64. The topological polar surface area (TPSA) is 0 Å². The van der Waals surface area contributed by atoms with Gasteiger partial charge in [-0.2, -0.15) is 0 Å². The van der Waals surface area contributed by atoms with Gasteiger partial charge < -0.3 is 0 Å². The minimum atomic E-state index is 0.661. The van der Waals surface area contributed by atoms with E-state index in [0.717, 1.165) is 5.92 Å². The van der Waals surface area contributed by atoms with Gasteiger partial charge >= 0.3 is 0 Å². The second kappa shape index (κ2) is 5.82. The molecule has 0 nitrogen and oxygen atoms in total. The van der Waals surface area contributed by atoms with Crippen LogP contribution in [0.2, 0.25) is 0 Å². The van der Waals surface area contributed by atoms with Crippen LogP contribution in [0, 0.1) is 5.92 Å². The zero-order chi connectivity index (χ0) is 9.68. The highest BCUT2D eigenvalue weighted by Crippen LogP contribution is 2.20. The summed E-state index contributed by atoms with van der Waals surface area (Å²) in [6.45, 7) is 4.57. The zero-order valence-electron chi connectivity index (χ0n) is 8.29. The summed E-state index contributed by atoms with van der Waals surface area (Å²) in [5.41, 5.74) is 0. The molecule has 2 heteroatoms. The Balaban J connectivity index is 2.22. The first-order chi connectivity index (χ1) is 6.18. The molecule has 0 saturated heterocycles. The highest BCUT2D eigenvalue weighted by atomic mass is 79.9. The molecule has 1 unspecified atom stereocenters. The Bertz CT molecular complexity index is 216. The van der Waals surface area contributed by atoms with Gasteiger partial charge in [0, 0.05) is 9.70 Å². The fraction of sp³-hybridized carbons (Fsp3) is 0.636. The summed E-state index contributed by atoms with van der Waals surface area (Å²) >= 11 is 5.59. The van der Waals surface area contributed by atoms with E-state index < -0.39 is 0 Å². The first-order valence-electron chi connectivity index (χ1n) is 4.85. The molecule has 0 aliphatic heterocycles. The normalized spacial score (nSPS) is 13.5. The number of alkyl halides is 1. The van der Waals surface area contributed by atoms with Gasteiger partial charge in [-0.3, -0.25) is 0 Å². The molecular weight excluding hydrogens is 244 g/mol. The van der Waals surface area contributed by atoms with Crippen LogP contribution in [0.1, 0.15) is 31.6 Å². The molecule has 0 radical (unpaired) electrons. The van der Waals surface area contributed by atoms with Gasteiger partial charge in [0.25, 0.3) is 0 Å². The van der Waals surface area contributed by atoms with Crippen molar-refractivity contribution in [3.8, 4) is 0 Å². The molecule has 0 amide bonds. The van der Waals surface area contributed by atoms with E-state index in [1.807, 2.05) is 11.3 Å². The molecule has 1 aromatic heterocycles. The zero-order valence-corrected chi connectivity index (χ0v) is 10.7. The average molecular weight is 261 g/mol. The summed E-state index contributed by atoms with van der Waals surface area (Å²) in [5, 5.41) is 2.15. The summed E-state index contributed by atoms with van der Waals surface area (Å²) in [7, 11) is 0. The Hall–Kier alpha value is 0.180. The highest BCUT2D eigenvalue weighted by Gasteiger charge is 2.06. The van der Waals surface area contributed by atoms with Crippen LogP contribution in [-0.4, -0.2) is 4.83 Å². The van der Waals surface area contributed by atoms with Crippen LogP contribution in [0.25, 0.3) is 0 Å². The van der Waals surface area contributed by atoms with Crippen molar-refractivity contribution in [3.63, 3.8) is 0 Å². The van der Waals surface area contributed by atoms with Crippen molar-refractivity contribution in [2.24, 2.45) is 5.92 Å². The monoisotopic (exact) mass is 260 g/mol. The Morgan fingerprint density at radius 3 is 2.69 bits per heavy atom. The molecule has 0 aliphatic carbocycles. The predicted octanol–water partition coefficient (Wildman–Crippen LogP) is 4.49. The molecule has 1 heterocycles. The molecule has 74 valence electrons. The fourth-order valence-corrected chi connectivity index (χ4v) is 2.88. The van der Waals surface area contributed by atoms with Crippen LogP contribution in [0.5, 0.6) is 0 Å². The van der Waals surface area contributed by atoms with E-state index in [1.54, 1.807) is 0 Å². The van der Waals surface area contributed by atoms with Crippen molar-refractivity contribution in [1.29, 1.82) is 0 Å². The van der Waals surface area contributed by atoms with Crippen LogP contribution in [0.15, 0.2) is 17.5 Å². The largest absolute Gasteiger partial charge is 0.149 e. The van der Waals surface area contributed by atoms with Gasteiger partial charge in [-0.15, -0.1) is 11.3 Å². The van der Waals surface area contributed by atoms with E-state index in [1.165, 1.54) is 24.1 Å². The molecule has 1 aromatic rings. The van der Waals surface area contributed by atoms with Crippen LogP contribution >= 0.6 is 27.3 Å². The first kappa shape index (κ1) is 11.3. The third kappa shape index (κ3) is 4.82. The van der Waals surface area contributed by atoms with E-state index in [4.69, 9.17) is 0 Å². The molecule has 0 aromatic carbocycles. The molecule has 0 saturated carbocycles. The number of rotatable bonds is 5. The van der Waals surface area contributed by atoms with E-state index in [9.17, 15) is 0 Å². The van der Waals surface area contributed by atoms with Crippen molar-refractivity contribution in [3.05, 3.63) is 22.4 Å². The standard InChI is InChI=1S/C11H17BrS/c1-9(2)5-6-10(12)8-11-4-3-7-13-11/h3-4,7,9-10H,5-6,8H2,1-2H3. The maximum atomic E-state index is 3.73. The van der Waals surface area contributed by atoms with Gasteiger partial charge in [0.15, 0.2) is 0 Å². The van der Waals surface area contributed by atoms with Crippen molar-refractivity contribution in [2.75, 3.05) is 0 Å². The van der Waals surface area contributed by atoms with Gasteiger partial charge in [-0.1, -0.05) is 35.8 Å². The number of halogens is 1. The van der Waals surface area contributed by atoms with Gasteiger partial charge in [0.2, 0.25) is 0 Å². The maximum Gasteiger partial charge on any atom is 0.0194 e. The van der Waals surface area contributed by atoms with Crippen molar-refractivity contribution < 1.29 is 0 Å². The number of thiophene rings is 1. The van der Waals surface area contributed by atoms with Crippen molar-refractivity contribution in [1.82, 2.24) is 0 Å². The second-order valence-electron chi connectivity index (χ2n) is 3.85. The second-order valence-corrected chi connectivity index (χ2v) is 6.18. The molecular formula is C11H17BrS. The van der Waals surface area contributed by atoms with E-state index in [2.05, 4.69) is 47.3 Å². The smallest absolute Gasteiger partial charge is 0.0194 e. The molecule has 0 bridgehead atoms. The molecule has 0 aliphatic rings. The maximum absolute atomic E-state index is 3.73. The quantitative estimate of drug-likeness (QED) is 0.685. The Morgan fingerprint density at radius 1 is 1.38 bits per heavy atom. The van der Waals surface area contributed by atoms with Crippen LogP contribution < -0.4 is 0 Å². The SMILES string of the molecule is CC(C)CCC(Br)Cc1cccs1. The highest BCUT2D eigenvalue weighted by molar-refractivity contribution is 9.09. The lowest BCUT2D eigenvalue weighted by Gasteiger charge is -2.09. The lowest BCUT2D eigenvalue weighted by Crippen LogP contribution is -2.03. The van der Waals surface area contributed by atoms with Gasteiger partial charge in [-0.05, 0) is 36.6 Å². The van der Waals surface area contributed by atoms with Crippen LogP contribution in [0.4, 0.5) is 0 Å². The fourth-order valence-electron chi connectivity index (χ4n) is 1.26. The number of hydrogen-bond acceptors (Lipinski definition) is 1. The molecule has 1 rings (SSSR count). The summed E-state index contributed by atoms with van der Waals surface area (Å²) in [6, 6.07) is 4.34. The minimum absolute atomic E-state index is 0.661. The third-order valence-corrected chi connectivity index (χ3v) is 3.74. The Morgan fingerprint density at radius 2 is 2.15 bits per heavy atom. The third-order valence-electron chi connectivity index (χ3n) is 2.06. The molecule has 0 N–H and O–H groups in total. The van der Waals surface area contributed by atoms with Gasteiger partial charge in [-0.25, -0.2) is 0 Å². The average Bonchev–Trinajstić information content (AvgIpc) is 2.53. The molecule has 13 heavy (non-hydrogen) atoms. The van der Waals surface area contributed by atoms with Gasteiger partial charge in [0.1, 0.15) is 0 Å². The summed E-state index contributed by atoms with van der Waals surface area (Å²) in [5.74, 6) is 0.823. The van der Waals surface area contributed by atoms with Crippen molar-refractivity contribution in [2.45, 2.75) is 37.9 Å². The van der Waals surface area contributed by atoms with E-state index in [-0.39, 0.29) is 0 Å². The lowest BCUT2D eigenvalue weighted by molar-refractivity contribution is 0.548. The van der Waals surface area contributed by atoms with Crippen molar-refractivity contribution >= 4 is 27.3 Å². The molecule has 0 spiro atoms. The number of hydrogen-bond donors (Lipinski definition) is 0. The minimum Gasteiger partial charge on any atom is -0.149 e. The van der Waals surface area contributed by atoms with Crippen LogP contribution in [0.3, 0.4) is 0 Å².